The first kappa shape index (κ1) is 12.6. The van der Waals surface area contributed by atoms with Crippen LogP contribution in [0, 0.1) is 0 Å². The number of hydrogen-bond donors (Lipinski definition) is 0. The van der Waals surface area contributed by atoms with E-state index in [0.717, 1.165) is 29.7 Å². The highest BCUT2D eigenvalue weighted by atomic mass is 79.9. The molecule has 1 fully saturated rings. The van der Waals surface area contributed by atoms with Gasteiger partial charge in [-0.3, -0.25) is 9.58 Å². The number of aryl methyl sites for hydroxylation is 1. The Hall–Kier alpha value is -1.47. The largest absolute Gasteiger partial charge is 0.347 e. The summed E-state index contributed by atoms with van der Waals surface area (Å²) in [6.07, 6.45) is 7.29. The Morgan fingerprint density at radius 3 is 2.79 bits per heavy atom. The summed E-state index contributed by atoms with van der Waals surface area (Å²) in [5, 5.41) is 4.29. The quantitative estimate of drug-likeness (QED) is 0.838. The van der Waals surface area contributed by atoms with Crippen molar-refractivity contribution < 1.29 is 0 Å². The highest BCUT2D eigenvalue weighted by molar-refractivity contribution is 9.10. The van der Waals surface area contributed by atoms with Crippen LogP contribution in [0.1, 0.15) is 11.6 Å². The van der Waals surface area contributed by atoms with Crippen molar-refractivity contribution in [3.05, 3.63) is 45.3 Å². The molecule has 100 valence electrons. The van der Waals surface area contributed by atoms with E-state index in [0.29, 0.717) is 6.04 Å². The molecule has 3 rings (SSSR count). The monoisotopic (exact) mass is 323 g/mol. The summed E-state index contributed by atoms with van der Waals surface area (Å²) in [7, 11) is 1.72. The number of hydrogen-bond acceptors (Lipinski definition) is 4. The molecule has 0 unspecified atom stereocenters. The van der Waals surface area contributed by atoms with Gasteiger partial charge in [-0.2, -0.15) is 5.10 Å². The Bertz CT molecular complexity index is 644. The molecule has 0 N–H and O–H groups in total. The molecule has 1 saturated heterocycles. The zero-order chi connectivity index (χ0) is 13.4. The topological polar surface area (TPSA) is 56.0 Å². The van der Waals surface area contributed by atoms with Gasteiger partial charge >= 0.3 is 5.69 Å². The Balaban J connectivity index is 1.59. The maximum Gasteiger partial charge on any atom is 0.347 e. The molecule has 0 spiro atoms. The highest BCUT2D eigenvalue weighted by Gasteiger charge is 2.28. The summed E-state index contributed by atoms with van der Waals surface area (Å²) >= 11 is 3.40. The molecule has 2 aromatic heterocycles. The molecule has 0 saturated carbocycles. The van der Waals surface area contributed by atoms with Crippen molar-refractivity contribution in [3.8, 4) is 0 Å². The van der Waals surface area contributed by atoms with Crippen molar-refractivity contribution in [2.45, 2.75) is 12.6 Å². The molecular weight excluding hydrogens is 310 g/mol. The zero-order valence-corrected chi connectivity index (χ0v) is 12.1. The predicted octanol–water partition coefficient (Wildman–Crippen LogP) is 0.796. The maximum atomic E-state index is 11.2. The molecule has 0 radical (unpaired) electrons. The summed E-state index contributed by atoms with van der Waals surface area (Å²) < 4.78 is 4.50. The minimum absolute atomic E-state index is 0.216. The van der Waals surface area contributed by atoms with Gasteiger partial charge in [0.25, 0.3) is 0 Å². The van der Waals surface area contributed by atoms with E-state index in [2.05, 4.69) is 30.9 Å². The zero-order valence-electron chi connectivity index (χ0n) is 10.5. The van der Waals surface area contributed by atoms with Crippen LogP contribution in [0.15, 0.2) is 34.1 Å². The van der Waals surface area contributed by atoms with Crippen molar-refractivity contribution in [1.29, 1.82) is 0 Å². The fourth-order valence-corrected chi connectivity index (χ4v) is 2.56. The van der Waals surface area contributed by atoms with Gasteiger partial charge in [0, 0.05) is 50.8 Å². The van der Waals surface area contributed by atoms with Gasteiger partial charge in [-0.25, -0.2) is 9.78 Å². The molecule has 1 aliphatic rings. The third-order valence-corrected chi connectivity index (χ3v) is 3.70. The first-order chi connectivity index (χ1) is 9.11. The van der Waals surface area contributed by atoms with Gasteiger partial charge in [-0.15, -0.1) is 0 Å². The van der Waals surface area contributed by atoms with Gasteiger partial charge in [0.1, 0.15) is 0 Å². The fourth-order valence-electron chi connectivity index (χ4n) is 2.26. The molecule has 2 aromatic rings. The molecule has 0 aliphatic carbocycles. The minimum atomic E-state index is -0.216. The van der Waals surface area contributed by atoms with Gasteiger partial charge in [0.05, 0.1) is 16.7 Å². The molecule has 19 heavy (non-hydrogen) atoms. The minimum Gasteiger partial charge on any atom is -0.302 e. The number of aromatic nitrogens is 4. The van der Waals surface area contributed by atoms with Crippen molar-refractivity contribution in [2.24, 2.45) is 7.05 Å². The SMILES string of the molecule is Cn1cc(CN2CC(n3cc(Br)cn3)C2)cnc1=O. The normalized spacial score (nSPS) is 16.5. The van der Waals surface area contributed by atoms with E-state index in [1.807, 2.05) is 17.1 Å². The number of rotatable bonds is 3. The summed E-state index contributed by atoms with van der Waals surface area (Å²) in [5.74, 6) is 0. The van der Waals surface area contributed by atoms with E-state index in [1.54, 1.807) is 19.4 Å². The van der Waals surface area contributed by atoms with Crippen molar-refractivity contribution in [2.75, 3.05) is 13.1 Å². The molecule has 6 nitrogen and oxygen atoms in total. The van der Waals surface area contributed by atoms with Crippen LogP contribution in [0.25, 0.3) is 0 Å². The van der Waals surface area contributed by atoms with E-state index in [1.165, 1.54) is 4.57 Å². The molecule has 0 aromatic carbocycles. The van der Waals surface area contributed by atoms with E-state index in [4.69, 9.17) is 0 Å². The van der Waals surface area contributed by atoms with Crippen LogP contribution in [-0.2, 0) is 13.6 Å². The Kier molecular flexibility index (Phi) is 3.24. The first-order valence-electron chi connectivity index (χ1n) is 6.05. The van der Waals surface area contributed by atoms with Crippen LogP contribution in [0.5, 0.6) is 0 Å². The molecule has 1 aliphatic heterocycles. The van der Waals surface area contributed by atoms with Crippen LogP contribution in [0.4, 0.5) is 0 Å². The van der Waals surface area contributed by atoms with Crippen molar-refractivity contribution >= 4 is 15.9 Å². The summed E-state index contributed by atoms with van der Waals surface area (Å²) in [6.45, 7) is 2.76. The number of nitrogens with zero attached hydrogens (tertiary/aromatic N) is 5. The molecule has 0 atom stereocenters. The lowest BCUT2D eigenvalue weighted by molar-refractivity contribution is 0.0905. The number of halogens is 1. The van der Waals surface area contributed by atoms with Gasteiger partial charge in [0.2, 0.25) is 0 Å². The Morgan fingerprint density at radius 2 is 2.16 bits per heavy atom. The Morgan fingerprint density at radius 1 is 1.37 bits per heavy atom. The number of likely N-dealkylation sites (tertiary alicyclic amines) is 1. The van der Waals surface area contributed by atoms with E-state index >= 15 is 0 Å². The molecular formula is C12H14BrN5O. The van der Waals surface area contributed by atoms with Crippen LogP contribution in [-0.4, -0.2) is 37.3 Å². The van der Waals surface area contributed by atoms with Crippen molar-refractivity contribution in [3.63, 3.8) is 0 Å². The highest BCUT2D eigenvalue weighted by Crippen LogP contribution is 2.23. The first-order valence-corrected chi connectivity index (χ1v) is 6.84. The molecule has 7 heteroatoms. The second-order valence-corrected chi connectivity index (χ2v) is 5.76. The lowest BCUT2D eigenvalue weighted by atomic mass is 10.1. The van der Waals surface area contributed by atoms with Crippen molar-refractivity contribution in [1.82, 2.24) is 24.2 Å². The lowest BCUT2D eigenvalue weighted by Crippen LogP contribution is -2.47. The lowest BCUT2D eigenvalue weighted by Gasteiger charge is -2.39. The standard InChI is InChI=1S/C12H14BrN5O/c1-16-4-9(2-14-12(16)19)5-17-7-11(8-17)18-6-10(13)3-15-18/h2-4,6,11H,5,7-8H2,1H3. The summed E-state index contributed by atoms with van der Waals surface area (Å²) in [6, 6.07) is 0.437. The van der Waals surface area contributed by atoms with Gasteiger partial charge in [-0.1, -0.05) is 0 Å². The summed E-state index contributed by atoms with van der Waals surface area (Å²) in [4.78, 5) is 17.3. The fraction of sp³-hybridized carbons (Fsp3) is 0.417. The van der Waals surface area contributed by atoms with Crippen LogP contribution in [0.2, 0.25) is 0 Å². The van der Waals surface area contributed by atoms with Crippen LogP contribution >= 0.6 is 15.9 Å². The van der Waals surface area contributed by atoms with E-state index < -0.39 is 0 Å². The van der Waals surface area contributed by atoms with E-state index in [-0.39, 0.29) is 5.69 Å². The smallest absolute Gasteiger partial charge is 0.302 e. The second-order valence-electron chi connectivity index (χ2n) is 4.84. The second kappa shape index (κ2) is 4.90. The van der Waals surface area contributed by atoms with Gasteiger partial charge in [0.15, 0.2) is 0 Å². The molecule has 0 amide bonds. The maximum absolute atomic E-state index is 11.2. The van der Waals surface area contributed by atoms with Crippen LogP contribution < -0.4 is 5.69 Å². The Labute approximate surface area is 118 Å². The van der Waals surface area contributed by atoms with E-state index in [9.17, 15) is 4.79 Å². The average molecular weight is 324 g/mol. The predicted molar refractivity (Wildman–Crippen MR) is 73.7 cm³/mol. The molecule has 0 bridgehead atoms. The molecule has 3 heterocycles. The van der Waals surface area contributed by atoms with Gasteiger partial charge < -0.3 is 4.57 Å². The van der Waals surface area contributed by atoms with Gasteiger partial charge in [-0.05, 0) is 15.9 Å². The third-order valence-electron chi connectivity index (χ3n) is 3.29. The van der Waals surface area contributed by atoms with Crippen LogP contribution in [0.3, 0.4) is 0 Å². The third kappa shape index (κ3) is 2.62. The average Bonchev–Trinajstić information content (AvgIpc) is 2.74. The summed E-state index contributed by atoms with van der Waals surface area (Å²) in [5.41, 5.74) is 0.842.